The zero-order valence-corrected chi connectivity index (χ0v) is 15.4. The molecule has 6 nitrogen and oxygen atoms in total. The monoisotopic (exact) mass is 371 g/mol. The Kier molecular flexibility index (Phi) is 4.19. The Morgan fingerprint density at radius 2 is 2.12 bits per heavy atom. The largest absolute Gasteiger partial charge is 0.331 e. The van der Waals surface area contributed by atoms with Gasteiger partial charge in [-0.1, -0.05) is 29.8 Å². The van der Waals surface area contributed by atoms with Crippen molar-refractivity contribution < 1.29 is 13.2 Å². The Labute approximate surface area is 153 Å². The third kappa shape index (κ3) is 3.58. The molecule has 0 saturated heterocycles. The van der Waals surface area contributed by atoms with Gasteiger partial charge in [0.2, 0.25) is 0 Å². The molecule has 136 valence electrons. The number of amides is 1. The van der Waals surface area contributed by atoms with Gasteiger partial charge in [0.1, 0.15) is 5.84 Å². The Morgan fingerprint density at radius 3 is 2.85 bits per heavy atom. The van der Waals surface area contributed by atoms with Crippen molar-refractivity contribution in [2.75, 3.05) is 12.3 Å². The summed E-state index contributed by atoms with van der Waals surface area (Å²) in [4.78, 5) is 16.8. The summed E-state index contributed by atoms with van der Waals surface area (Å²) in [5.74, 6) is 0.333. The fraction of sp³-hybridized carbons (Fsp3) is 0.368. The number of fused-ring (bicyclic) bond motifs is 1. The van der Waals surface area contributed by atoms with E-state index in [0.29, 0.717) is 24.5 Å². The minimum Gasteiger partial charge on any atom is -0.331 e. The third-order valence-corrected chi connectivity index (χ3v) is 5.92. The zero-order chi connectivity index (χ0) is 18.3. The van der Waals surface area contributed by atoms with Gasteiger partial charge in [0, 0.05) is 25.3 Å². The summed E-state index contributed by atoms with van der Waals surface area (Å²) in [6.45, 7) is 2.96. The first-order valence-corrected chi connectivity index (χ1v) is 10.4. The minimum absolute atomic E-state index is 0.0160. The van der Waals surface area contributed by atoms with Crippen LogP contribution in [0.1, 0.15) is 24.0 Å². The van der Waals surface area contributed by atoms with Gasteiger partial charge < -0.3 is 9.80 Å². The number of hydrogen-bond acceptors (Lipinski definition) is 4. The maximum absolute atomic E-state index is 13.1. The average Bonchev–Trinajstić information content (AvgIpc) is 3.43. The fourth-order valence-electron chi connectivity index (χ4n) is 3.25. The molecule has 0 N–H and O–H groups in total. The number of nitrogens with zero attached hydrogens (tertiary/aromatic N) is 3. The van der Waals surface area contributed by atoms with Crippen LogP contribution < -0.4 is 0 Å². The molecular weight excluding hydrogens is 350 g/mol. The Morgan fingerprint density at radius 1 is 1.31 bits per heavy atom. The van der Waals surface area contributed by atoms with Crippen LogP contribution in [0.5, 0.6) is 0 Å². The lowest BCUT2D eigenvalue weighted by molar-refractivity contribution is -0.128. The molecular formula is C19H21N3O3S. The van der Waals surface area contributed by atoms with Crippen molar-refractivity contribution in [3.63, 3.8) is 0 Å². The summed E-state index contributed by atoms with van der Waals surface area (Å²) in [6.07, 6.45) is 7.07. The molecule has 0 aromatic heterocycles. The summed E-state index contributed by atoms with van der Waals surface area (Å²) in [7, 11) is -3.38. The van der Waals surface area contributed by atoms with Crippen LogP contribution in [0.15, 0.2) is 52.6 Å². The predicted octanol–water partition coefficient (Wildman–Crippen LogP) is 1.98. The second kappa shape index (κ2) is 6.39. The first kappa shape index (κ1) is 17.0. The highest BCUT2D eigenvalue weighted by atomic mass is 32.2. The Bertz CT molecular complexity index is 943. The molecule has 1 aromatic rings. The van der Waals surface area contributed by atoms with E-state index in [1.165, 1.54) is 5.56 Å². The maximum atomic E-state index is 13.1. The van der Waals surface area contributed by atoms with E-state index in [4.69, 9.17) is 0 Å². The molecule has 26 heavy (non-hydrogen) atoms. The first-order valence-electron chi connectivity index (χ1n) is 8.77. The van der Waals surface area contributed by atoms with Crippen LogP contribution in [0.4, 0.5) is 0 Å². The minimum atomic E-state index is -3.38. The number of carbonyl (C=O) groups is 1. The summed E-state index contributed by atoms with van der Waals surface area (Å²) in [5.41, 5.74) is 2.87. The molecule has 1 saturated carbocycles. The number of hydrogen-bond donors (Lipinski definition) is 0. The van der Waals surface area contributed by atoms with E-state index in [9.17, 15) is 13.2 Å². The van der Waals surface area contributed by atoms with Crippen molar-refractivity contribution in [1.29, 1.82) is 0 Å². The number of aryl methyl sites for hydroxylation is 1. The van der Waals surface area contributed by atoms with Crippen molar-refractivity contribution >= 4 is 21.8 Å². The molecule has 0 spiro atoms. The van der Waals surface area contributed by atoms with Gasteiger partial charge in [-0.05, 0) is 37.5 Å². The lowest BCUT2D eigenvalue weighted by atomic mass is 10.1. The van der Waals surface area contributed by atoms with E-state index < -0.39 is 10.0 Å². The Balaban J connectivity index is 1.56. The van der Waals surface area contributed by atoms with Gasteiger partial charge in [-0.2, -0.15) is 0 Å². The number of carbonyl (C=O) groups excluding carboxylic acids is 1. The molecule has 7 heteroatoms. The molecule has 1 amide bonds. The molecule has 1 aromatic carbocycles. The second-order valence-corrected chi connectivity index (χ2v) is 8.75. The smallest absolute Gasteiger partial charge is 0.256 e. The standard InChI is InChI=1S/C19H21N3O3S/c1-14-3-2-4-15(11-14)12-22(17-6-7-17)19(23)16-5-8-18-20-26(24,25)10-9-21(18)13-16/h2-5,8,11,13,17H,6-7,9-10,12H2,1H3. The average molecular weight is 371 g/mol. The van der Waals surface area contributed by atoms with Crippen molar-refractivity contribution in [3.05, 3.63) is 59.3 Å². The zero-order valence-electron chi connectivity index (χ0n) is 14.6. The maximum Gasteiger partial charge on any atom is 0.256 e. The van der Waals surface area contributed by atoms with Crippen LogP contribution in [0.25, 0.3) is 0 Å². The van der Waals surface area contributed by atoms with Crippen LogP contribution >= 0.6 is 0 Å². The first-order chi connectivity index (χ1) is 12.4. The molecule has 0 bridgehead atoms. The molecule has 4 rings (SSSR count). The number of sulfonamides is 1. The normalized spacial score (nSPS) is 20.9. The molecule has 2 aliphatic heterocycles. The lowest BCUT2D eigenvalue weighted by Gasteiger charge is -2.29. The molecule has 1 fully saturated rings. The van der Waals surface area contributed by atoms with Gasteiger partial charge in [0.15, 0.2) is 0 Å². The van der Waals surface area contributed by atoms with Crippen LogP contribution in [0, 0.1) is 6.92 Å². The summed E-state index contributed by atoms with van der Waals surface area (Å²) in [6, 6.07) is 8.49. The molecule has 0 radical (unpaired) electrons. The van der Waals surface area contributed by atoms with E-state index in [0.717, 1.165) is 18.4 Å². The van der Waals surface area contributed by atoms with E-state index in [-0.39, 0.29) is 17.7 Å². The highest BCUT2D eigenvalue weighted by Crippen LogP contribution is 2.30. The molecule has 3 aliphatic rings. The lowest BCUT2D eigenvalue weighted by Crippen LogP contribution is -2.39. The van der Waals surface area contributed by atoms with E-state index in [1.807, 2.05) is 30.0 Å². The molecule has 0 atom stereocenters. The van der Waals surface area contributed by atoms with E-state index >= 15 is 0 Å². The van der Waals surface area contributed by atoms with Crippen molar-refractivity contribution in [2.45, 2.75) is 32.4 Å². The van der Waals surface area contributed by atoms with E-state index in [1.54, 1.807) is 23.3 Å². The summed E-state index contributed by atoms with van der Waals surface area (Å²) < 4.78 is 27.0. The van der Waals surface area contributed by atoms with E-state index in [2.05, 4.69) is 10.5 Å². The molecule has 2 heterocycles. The van der Waals surface area contributed by atoms with Crippen molar-refractivity contribution in [2.24, 2.45) is 4.40 Å². The van der Waals surface area contributed by atoms with Crippen LogP contribution in [-0.4, -0.2) is 48.3 Å². The van der Waals surface area contributed by atoms with Gasteiger partial charge in [-0.25, -0.2) is 8.42 Å². The van der Waals surface area contributed by atoms with Crippen molar-refractivity contribution in [1.82, 2.24) is 9.80 Å². The van der Waals surface area contributed by atoms with Gasteiger partial charge in [0.25, 0.3) is 15.9 Å². The quantitative estimate of drug-likeness (QED) is 0.812. The highest BCUT2D eigenvalue weighted by Gasteiger charge is 2.34. The number of rotatable bonds is 4. The van der Waals surface area contributed by atoms with Crippen LogP contribution in [0.2, 0.25) is 0 Å². The van der Waals surface area contributed by atoms with Gasteiger partial charge in [0.05, 0.1) is 11.3 Å². The van der Waals surface area contributed by atoms with Crippen LogP contribution in [-0.2, 0) is 21.4 Å². The van der Waals surface area contributed by atoms with Gasteiger partial charge >= 0.3 is 0 Å². The fourth-order valence-corrected chi connectivity index (χ4v) is 4.22. The second-order valence-electron chi connectivity index (χ2n) is 7.00. The highest BCUT2D eigenvalue weighted by molar-refractivity contribution is 7.90. The summed E-state index contributed by atoms with van der Waals surface area (Å²) in [5, 5.41) is 0. The molecule has 1 aliphatic carbocycles. The van der Waals surface area contributed by atoms with Gasteiger partial charge in [-0.3, -0.25) is 4.79 Å². The SMILES string of the molecule is Cc1cccc(CN(C(=O)C2=CN3CCS(=O)(=O)N=C3C=C2)C2CC2)c1. The molecule has 0 unspecified atom stereocenters. The van der Waals surface area contributed by atoms with Gasteiger partial charge in [-0.15, -0.1) is 4.40 Å². The topological polar surface area (TPSA) is 70.1 Å². The third-order valence-electron chi connectivity index (χ3n) is 4.75. The van der Waals surface area contributed by atoms with Crippen molar-refractivity contribution in [3.8, 4) is 0 Å². The van der Waals surface area contributed by atoms with Crippen LogP contribution in [0.3, 0.4) is 0 Å². The predicted molar refractivity (Wildman–Crippen MR) is 99.9 cm³/mol. The number of benzene rings is 1. The Hall–Kier alpha value is -2.41. The number of amidine groups is 1. The summed E-state index contributed by atoms with van der Waals surface area (Å²) >= 11 is 0.